The molecule has 1 amide bonds. The van der Waals surface area contributed by atoms with Gasteiger partial charge in [0.15, 0.2) is 0 Å². The van der Waals surface area contributed by atoms with E-state index in [1.807, 2.05) is 60.7 Å². The molecule has 0 saturated heterocycles. The highest BCUT2D eigenvalue weighted by Crippen LogP contribution is 2.08. The standard InChI is InChI=1S/C24H24N2O3/c27-23(26-22(24(28)29)15-18-7-3-1-4-8-18)21-13-11-20(12-14-21)17-25-16-19-9-5-2-6-10-19/h1-14,22,25H,15-17H2,(H,26,27)(H,28,29)/t22-/m0/s1. The third kappa shape index (κ3) is 6.30. The van der Waals surface area contributed by atoms with E-state index in [2.05, 4.69) is 22.8 Å². The summed E-state index contributed by atoms with van der Waals surface area (Å²) in [7, 11) is 0. The lowest BCUT2D eigenvalue weighted by atomic mass is 10.1. The molecular weight excluding hydrogens is 364 g/mol. The number of carbonyl (C=O) groups excluding carboxylic acids is 1. The van der Waals surface area contributed by atoms with Crippen LogP contribution in [0.5, 0.6) is 0 Å². The summed E-state index contributed by atoms with van der Waals surface area (Å²) >= 11 is 0. The monoisotopic (exact) mass is 388 g/mol. The highest BCUT2D eigenvalue weighted by Gasteiger charge is 2.21. The Balaban J connectivity index is 1.54. The molecule has 3 rings (SSSR count). The van der Waals surface area contributed by atoms with Crippen LogP contribution in [0.4, 0.5) is 0 Å². The molecule has 0 fully saturated rings. The molecule has 0 aromatic heterocycles. The number of carbonyl (C=O) groups is 2. The zero-order valence-corrected chi connectivity index (χ0v) is 16.0. The van der Waals surface area contributed by atoms with Crippen LogP contribution in [-0.2, 0) is 24.3 Å². The number of carboxylic acid groups (broad SMARTS) is 1. The normalized spacial score (nSPS) is 11.6. The second-order valence-corrected chi connectivity index (χ2v) is 6.84. The number of hydrogen-bond acceptors (Lipinski definition) is 3. The predicted molar refractivity (Wildman–Crippen MR) is 112 cm³/mol. The first-order chi connectivity index (χ1) is 14.1. The van der Waals surface area contributed by atoms with Crippen LogP contribution in [-0.4, -0.2) is 23.0 Å². The molecule has 0 unspecified atom stereocenters. The molecule has 0 aliphatic rings. The van der Waals surface area contributed by atoms with E-state index in [1.165, 1.54) is 5.56 Å². The minimum Gasteiger partial charge on any atom is -0.480 e. The summed E-state index contributed by atoms with van der Waals surface area (Å²) in [6, 6.07) is 25.6. The Kier molecular flexibility index (Phi) is 7.14. The predicted octanol–water partition coefficient (Wildman–Crippen LogP) is 3.40. The fourth-order valence-electron chi connectivity index (χ4n) is 3.01. The lowest BCUT2D eigenvalue weighted by molar-refractivity contribution is -0.139. The minimum atomic E-state index is -1.05. The van der Waals surface area contributed by atoms with Crippen molar-refractivity contribution in [2.75, 3.05) is 0 Å². The van der Waals surface area contributed by atoms with Gasteiger partial charge in [-0.3, -0.25) is 4.79 Å². The Hall–Kier alpha value is -3.44. The summed E-state index contributed by atoms with van der Waals surface area (Å²) in [5.74, 6) is -1.44. The van der Waals surface area contributed by atoms with Gasteiger partial charge in [-0.2, -0.15) is 0 Å². The quantitative estimate of drug-likeness (QED) is 0.525. The van der Waals surface area contributed by atoms with Crippen molar-refractivity contribution in [2.24, 2.45) is 0 Å². The van der Waals surface area contributed by atoms with Crippen molar-refractivity contribution in [1.82, 2.24) is 10.6 Å². The molecule has 0 heterocycles. The molecule has 0 radical (unpaired) electrons. The Bertz CT molecular complexity index is 925. The summed E-state index contributed by atoms with van der Waals surface area (Å²) in [4.78, 5) is 24.0. The van der Waals surface area contributed by atoms with Gasteiger partial charge in [0, 0.05) is 25.1 Å². The molecule has 1 atom stereocenters. The van der Waals surface area contributed by atoms with Crippen molar-refractivity contribution < 1.29 is 14.7 Å². The van der Waals surface area contributed by atoms with Crippen molar-refractivity contribution >= 4 is 11.9 Å². The van der Waals surface area contributed by atoms with Gasteiger partial charge in [0.1, 0.15) is 6.04 Å². The number of amides is 1. The zero-order chi connectivity index (χ0) is 20.5. The number of rotatable bonds is 9. The molecule has 5 heteroatoms. The van der Waals surface area contributed by atoms with Crippen LogP contribution in [0, 0.1) is 0 Å². The summed E-state index contributed by atoms with van der Waals surface area (Å²) in [6.07, 6.45) is 0.239. The Morgan fingerprint density at radius 2 is 1.24 bits per heavy atom. The van der Waals surface area contributed by atoms with Crippen molar-refractivity contribution in [3.05, 3.63) is 107 Å². The third-order valence-corrected chi connectivity index (χ3v) is 4.60. The molecule has 0 spiro atoms. The third-order valence-electron chi connectivity index (χ3n) is 4.60. The van der Waals surface area contributed by atoms with Crippen molar-refractivity contribution in [1.29, 1.82) is 0 Å². The van der Waals surface area contributed by atoms with Gasteiger partial charge in [0.05, 0.1) is 0 Å². The lowest BCUT2D eigenvalue weighted by Crippen LogP contribution is -2.42. The van der Waals surface area contributed by atoms with E-state index in [-0.39, 0.29) is 6.42 Å². The van der Waals surface area contributed by atoms with Gasteiger partial charge < -0.3 is 15.7 Å². The summed E-state index contributed by atoms with van der Waals surface area (Å²) in [6.45, 7) is 1.45. The fourth-order valence-corrected chi connectivity index (χ4v) is 3.01. The molecule has 0 aliphatic heterocycles. The molecule has 3 aromatic carbocycles. The molecule has 3 N–H and O–H groups in total. The fraction of sp³-hybridized carbons (Fsp3) is 0.167. The van der Waals surface area contributed by atoms with Crippen molar-refractivity contribution in [3.63, 3.8) is 0 Å². The van der Waals surface area contributed by atoms with E-state index in [0.29, 0.717) is 12.1 Å². The van der Waals surface area contributed by atoms with Crippen LogP contribution < -0.4 is 10.6 Å². The average Bonchev–Trinajstić information content (AvgIpc) is 2.75. The zero-order valence-electron chi connectivity index (χ0n) is 16.0. The molecule has 0 aliphatic carbocycles. The SMILES string of the molecule is O=C(N[C@@H](Cc1ccccc1)C(=O)O)c1ccc(CNCc2ccccc2)cc1. The Labute approximate surface area is 170 Å². The van der Waals surface area contributed by atoms with Gasteiger partial charge in [0.25, 0.3) is 5.91 Å². The van der Waals surface area contributed by atoms with Crippen LogP contribution in [0.25, 0.3) is 0 Å². The van der Waals surface area contributed by atoms with Crippen LogP contribution in [0.2, 0.25) is 0 Å². The van der Waals surface area contributed by atoms with Crippen molar-refractivity contribution in [2.45, 2.75) is 25.6 Å². The van der Waals surface area contributed by atoms with Gasteiger partial charge in [-0.15, -0.1) is 0 Å². The number of aliphatic carboxylic acids is 1. The maximum absolute atomic E-state index is 12.5. The van der Waals surface area contributed by atoms with Gasteiger partial charge in [-0.05, 0) is 28.8 Å². The number of benzene rings is 3. The molecule has 0 bridgehead atoms. The molecular formula is C24H24N2O3. The van der Waals surface area contributed by atoms with Crippen LogP contribution in [0.3, 0.4) is 0 Å². The molecule has 5 nitrogen and oxygen atoms in total. The van der Waals surface area contributed by atoms with Crippen LogP contribution >= 0.6 is 0 Å². The van der Waals surface area contributed by atoms with E-state index in [1.54, 1.807) is 12.1 Å². The second kappa shape index (κ2) is 10.2. The number of nitrogens with one attached hydrogen (secondary N) is 2. The van der Waals surface area contributed by atoms with E-state index < -0.39 is 17.9 Å². The number of carboxylic acids is 1. The highest BCUT2D eigenvalue weighted by molar-refractivity contribution is 5.96. The minimum absolute atomic E-state index is 0.239. The number of hydrogen-bond donors (Lipinski definition) is 3. The van der Waals surface area contributed by atoms with Gasteiger partial charge in [-0.1, -0.05) is 72.8 Å². The summed E-state index contributed by atoms with van der Waals surface area (Å²) < 4.78 is 0. The largest absolute Gasteiger partial charge is 0.480 e. The topological polar surface area (TPSA) is 78.4 Å². The molecule has 0 saturated carbocycles. The molecule has 29 heavy (non-hydrogen) atoms. The van der Waals surface area contributed by atoms with E-state index in [9.17, 15) is 14.7 Å². The highest BCUT2D eigenvalue weighted by atomic mass is 16.4. The van der Waals surface area contributed by atoms with Gasteiger partial charge in [0.2, 0.25) is 0 Å². The molecule has 148 valence electrons. The average molecular weight is 388 g/mol. The maximum Gasteiger partial charge on any atom is 0.326 e. The smallest absolute Gasteiger partial charge is 0.326 e. The van der Waals surface area contributed by atoms with Gasteiger partial charge in [-0.25, -0.2) is 4.79 Å². The second-order valence-electron chi connectivity index (χ2n) is 6.84. The van der Waals surface area contributed by atoms with E-state index in [0.717, 1.165) is 17.7 Å². The first-order valence-electron chi connectivity index (χ1n) is 9.53. The first kappa shape index (κ1) is 20.3. The van der Waals surface area contributed by atoms with E-state index >= 15 is 0 Å². The van der Waals surface area contributed by atoms with Crippen LogP contribution in [0.1, 0.15) is 27.0 Å². The Morgan fingerprint density at radius 3 is 1.79 bits per heavy atom. The lowest BCUT2D eigenvalue weighted by Gasteiger charge is -2.15. The maximum atomic E-state index is 12.5. The molecule has 3 aromatic rings. The van der Waals surface area contributed by atoms with Gasteiger partial charge >= 0.3 is 5.97 Å². The van der Waals surface area contributed by atoms with Crippen LogP contribution in [0.15, 0.2) is 84.9 Å². The first-order valence-corrected chi connectivity index (χ1v) is 9.53. The van der Waals surface area contributed by atoms with Crippen molar-refractivity contribution in [3.8, 4) is 0 Å². The summed E-state index contributed by atoms with van der Waals surface area (Å²) in [5.41, 5.74) is 3.56. The van der Waals surface area contributed by atoms with E-state index in [4.69, 9.17) is 0 Å². The summed E-state index contributed by atoms with van der Waals surface area (Å²) in [5, 5.41) is 15.4. The Morgan fingerprint density at radius 1 is 0.724 bits per heavy atom.